The largest absolute Gasteiger partial charge is 0.507 e. The Labute approximate surface area is 89.9 Å². The number of nitro groups is 1. The van der Waals surface area contributed by atoms with E-state index in [1.54, 1.807) is 0 Å². The van der Waals surface area contributed by atoms with Crippen LogP contribution in [0.1, 0.15) is 10.4 Å². The van der Waals surface area contributed by atoms with E-state index in [1.165, 1.54) is 7.05 Å². The first kappa shape index (κ1) is 12.1. The molecule has 0 aliphatic heterocycles. The third-order valence-corrected chi connectivity index (χ3v) is 1.90. The van der Waals surface area contributed by atoms with Crippen molar-refractivity contribution in [3.63, 3.8) is 0 Å². The van der Waals surface area contributed by atoms with Gasteiger partial charge in [-0.2, -0.15) is 4.39 Å². The molecule has 1 aromatic carbocycles. The highest BCUT2D eigenvalue weighted by Gasteiger charge is 2.21. The van der Waals surface area contributed by atoms with Gasteiger partial charge in [0.05, 0.1) is 17.0 Å². The Kier molecular flexibility index (Phi) is 3.51. The first-order valence-electron chi connectivity index (χ1n) is 4.32. The molecule has 0 unspecified atom stereocenters. The van der Waals surface area contributed by atoms with E-state index in [2.05, 4.69) is 5.32 Å². The number of carbonyl (C=O) groups is 1. The Morgan fingerprint density at radius 3 is 2.75 bits per heavy atom. The first-order valence-corrected chi connectivity index (χ1v) is 4.32. The number of phenols is 1. The molecule has 2 N–H and O–H groups in total. The average Bonchev–Trinajstić information content (AvgIpc) is 2.17. The molecule has 0 saturated carbocycles. The van der Waals surface area contributed by atoms with Crippen LogP contribution in [0.25, 0.3) is 0 Å². The van der Waals surface area contributed by atoms with E-state index in [0.717, 1.165) is 6.07 Å². The molecule has 0 aliphatic rings. The van der Waals surface area contributed by atoms with E-state index in [-0.39, 0.29) is 12.1 Å². The number of hydrogen-bond acceptors (Lipinski definition) is 5. The van der Waals surface area contributed by atoms with Crippen molar-refractivity contribution in [3.05, 3.63) is 33.6 Å². The number of nitrogens with one attached hydrogen (secondary N) is 1. The number of hydrogen-bond donors (Lipinski definition) is 2. The number of halogens is 1. The second-order valence-corrected chi connectivity index (χ2v) is 3.03. The number of rotatable bonds is 4. The molecule has 0 spiro atoms. The van der Waals surface area contributed by atoms with Gasteiger partial charge in [0.1, 0.15) is 5.75 Å². The Morgan fingerprint density at radius 2 is 2.25 bits per heavy atom. The van der Waals surface area contributed by atoms with Crippen molar-refractivity contribution < 1.29 is 19.2 Å². The monoisotopic (exact) mass is 228 g/mol. The lowest BCUT2D eigenvalue weighted by Crippen LogP contribution is -2.18. The summed E-state index contributed by atoms with van der Waals surface area (Å²) in [4.78, 5) is 20.9. The molecule has 0 radical (unpaired) electrons. The molecule has 7 heteroatoms. The molecule has 0 heterocycles. The van der Waals surface area contributed by atoms with Gasteiger partial charge in [-0.25, -0.2) is 0 Å². The highest BCUT2D eigenvalue weighted by Crippen LogP contribution is 2.26. The van der Waals surface area contributed by atoms with Gasteiger partial charge in [0.2, 0.25) is 5.82 Å². The summed E-state index contributed by atoms with van der Waals surface area (Å²) in [5, 5.41) is 22.2. The Hall–Kier alpha value is -2.02. The molecule has 1 aromatic rings. The van der Waals surface area contributed by atoms with Gasteiger partial charge in [0, 0.05) is 12.1 Å². The zero-order valence-corrected chi connectivity index (χ0v) is 8.36. The number of nitrogens with zero attached hydrogens (tertiary/aromatic N) is 1. The molecule has 0 atom stereocenters. The molecular formula is C9H9FN2O4. The summed E-state index contributed by atoms with van der Waals surface area (Å²) in [7, 11) is 1.51. The highest BCUT2D eigenvalue weighted by atomic mass is 19.1. The summed E-state index contributed by atoms with van der Waals surface area (Å²) >= 11 is 0. The standard InChI is InChI=1S/C9H9FN2O4/c1-11-4-9(14)5-2-7(12(15)16)6(10)3-8(5)13/h2-3,11,13H,4H2,1H3. The second kappa shape index (κ2) is 4.67. The SMILES string of the molecule is CNCC(=O)c1cc([N+](=O)[O-])c(F)cc1O. The molecule has 0 bridgehead atoms. The minimum atomic E-state index is -1.18. The van der Waals surface area contributed by atoms with Crippen LogP contribution in [0.4, 0.5) is 10.1 Å². The van der Waals surface area contributed by atoms with Crippen molar-refractivity contribution >= 4 is 11.5 Å². The maximum Gasteiger partial charge on any atom is 0.305 e. The minimum absolute atomic E-state index is 0.101. The molecule has 0 fully saturated rings. The first-order chi connectivity index (χ1) is 7.47. The lowest BCUT2D eigenvalue weighted by molar-refractivity contribution is -0.387. The molecule has 0 aliphatic carbocycles. The fraction of sp³-hybridized carbons (Fsp3) is 0.222. The predicted molar refractivity (Wildman–Crippen MR) is 53.0 cm³/mol. The van der Waals surface area contributed by atoms with Gasteiger partial charge >= 0.3 is 5.69 Å². The number of nitro benzene ring substituents is 1. The lowest BCUT2D eigenvalue weighted by Gasteiger charge is -2.03. The van der Waals surface area contributed by atoms with Crippen molar-refractivity contribution in [1.29, 1.82) is 0 Å². The van der Waals surface area contributed by atoms with Gasteiger partial charge < -0.3 is 10.4 Å². The zero-order valence-electron chi connectivity index (χ0n) is 8.36. The average molecular weight is 228 g/mol. The van der Waals surface area contributed by atoms with Crippen LogP contribution >= 0.6 is 0 Å². The zero-order chi connectivity index (χ0) is 12.3. The van der Waals surface area contributed by atoms with Crippen LogP contribution in [0.15, 0.2) is 12.1 Å². The summed E-state index contributed by atoms with van der Waals surface area (Å²) in [6.45, 7) is -0.101. The number of carbonyl (C=O) groups excluding carboxylic acids is 1. The summed E-state index contributed by atoms with van der Waals surface area (Å²) in [5.74, 6) is -2.34. The molecule has 1 rings (SSSR count). The normalized spacial score (nSPS) is 10.1. The Bertz CT molecular complexity index is 447. The van der Waals surface area contributed by atoms with Crippen LogP contribution in [0.2, 0.25) is 0 Å². The molecule has 0 aromatic heterocycles. The van der Waals surface area contributed by atoms with Crippen LogP contribution in [-0.4, -0.2) is 29.4 Å². The fourth-order valence-corrected chi connectivity index (χ4v) is 1.17. The summed E-state index contributed by atoms with van der Waals surface area (Å²) < 4.78 is 13.0. The quantitative estimate of drug-likeness (QED) is 0.452. The third-order valence-electron chi connectivity index (χ3n) is 1.90. The fourth-order valence-electron chi connectivity index (χ4n) is 1.17. The maximum atomic E-state index is 13.0. The van der Waals surface area contributed by atoms with Gasteiger partial charge in [0.25, 0.3) is 0 Å². The van der Waals surface area contributed by atoms with Crippen molar-refractivity contribution in [3.8, 4) is 5.75 Å². The molecule has 16 heavy (non-hydrogen) atoms. The number of aromatic hydroxyl groups is 1. The van der Waals surface area contributed by atoms with Gasteiger partial charge in [-0.05, 0) is 7.05 Å². The number of likely N-dealkylation sites (N-methyl/N-ethyl adjacent to an activating group) is 1. The predicted octanol–water partition coefficient (Wildman–Crippen LogP) is 0.842. The number of ketones is 1. The van der Waals surface area contributed by atoms with Crippen LogP contribution in [-0.2, 0) is 0 Å². The summed E-state index contributed by atoms with van der Waals surface area (Å²) in [5.41, 5.74) is -1.11. The molecule has 6 nitrogen and oxygen atoms in total. The summed E-state index contributed by atoms with van der Waals surface area (Å²) in [6, 6.07) is 1.28. The number of benzene rings is 1. The van der Waals surface area contributed by atoms with E-state index in [1.807, 2.05) is 0 Å². The third kappa shape index (κ3) is 2.31. The highest BCUT2D eigenvalue weighted by molar-refractivity contribution is 6.00. The van der Waals surface area contributed by atoms with Gasteiger partial charge in [-0.15, -0.1) is 0 Å². The second-order valence-electron chi connectivity index (χ2n) is 3.03. The number of Topliss-reactive ketones (excluding diaryl/α,β-unsaturated/α-hetero) is 1. The van der Waals surface area contributed by atoms with Crippen molar-refractivity contribution in [2.45, 2.75) is 0 Å². The Morgan fingerprint density at radius 1 is 1.62 bits per heavy atom. The van der Waals surface area contributed by atoms with E-state index in [4.69, 9.17) is 0 Å². The molecule has 0 amide bonds. The van der Waals surface area contributed by atoms with Crippen LogP contribution in [0.3, 0.4) is 0 Å². The van der Waals surface area contributed by atoms with E-state index >= 15 is 0 Å². The van der Waals surface area contributed by atoms with Crippen LogP contribution in [0, 0.1) is 15.9 Å². The molecule has 0 saturated heterocycles. The molecular weight excluding hydrogens is 219 g/mol. The number of phenolic OH excluding ortho intramolecular Hbond substituents is 1. The smallest absolute Gasteiger partial charge is 0.305 e. The minimum Gasteiger partial charge on any atom is -0.507 e. The van der Waals surface area contributed by atoms with E-state index < -0.39 is 28.0 Å². The van der Waals surface area contributed by atoms with Gasteiger partial charge in [0.15, 0.2) is 5.78 Å². The lowest BCUT2D eigenvalue weighted by atomic mass is 10.1. The van der Waals surface area contributed by atoms with Crippen molar-refractivity contribution in [2.24, 2.45) is 0 Å². The maximum absolute atomic E-state index is 13.0. The van der Waals surface area contributed by atoms with Crippen LogP contribution in [0.5, 0.6) is 5.75 Å². The topological polar surface area (TPSA) is 92.5 Å². The van der Waals surface area contributed by atoms with Crippen molar-refractivity contribution in [2.75, 3.05) is 13.6 Å². The van der Waals surface area contributed by atoms with Crippen molar-refractivity contribution in [1.82, 2.24) is 5.32 Å². The van der Waals surface area contributed by atoms with E-state index in [9.17, 15) is 24.4 Å². The van der Waals surface area contributed by atoms with E-state index in [0.29, 0.717) is 6.07 Å². The van der Waals surface area contributed by atoms with Crippen LogP contribution < -0.4 is 5.32 Å². The van der Waals surface area contributed by atoms with Gasteiger partial charge in [-0.3, -0.25) is 14.9 Å². The van der Waals surface area contributed by atoms with Gasteiger partial charge in [-0.1, -0.05) is 0 Å². The molecule has 86 valence electrons. The Balaban J connectivity index is 3.24. The summed E-state index contributed by atoms with van der Waals surface area (Å²) in [6.07, 6.45) is 0.